The van der Waals surface area contributed by atoms with Gasteiger partial charge in [0.2, 0.25) is 4.34 Å². The van der Waals surface area contributed by atoms with Crippen molar-refractivity contribution in [3.63, 3.8) is 0 Å². The largest absolute Gasteiger partial charge is 0.265 e. The molecule has 0 amide bonds. The highest BCUT2D eigenvalue weighted by Gasteiger charge is 2.11. The monoisotopic (exact) mass is 198 g/mol. The molecule has 0 unspecified atom stereocenters. The molecule has 1 aromatic heterocycles. The summed E-state index contributed by atoms with van der Waals surface area (Å²) in [6.45, 7) is 0. The van der Waals surface area contributed by atoms with Crippen LogP contribution in [0.2, 0.25) is 5.15 Å². The number of hydrogen-bond donors (Lipinski definition) is 1. The molecule has 10 heavy (non-hydrogen) atoms. The molecule has 0 spiro atoms. The molecule has 0 atom stereocenters. The molecule has 1 rings (SSSR count). The van der Waals surface area contributed by atoms with Gasteiger partial charge in [-0.25, -0.2) is 18.5 Å². The first kappa shape index (κ1) is 7.93. The number of rotatable bonds is 1. The number of hydrogen-bond acceptors (Lipinski definition) is 4. The van der Waals surface area contributed by atoms with Crippen molar-refractivity contribution in [2.75, 3.05) is 0 Å². The van der Waals surface area contributed by atoms with Gasteiger partial charge in [0.05, 0.1) is 0 Å². The number of aromatic nitrogens is 1. The van der Waals surface area contributed by atoms with Gasteiger partial charge in [0.25, 0.3) is 10.0 Å². The van der Waals surface area contributed by atoms with Crippen molar-refractivity contribution >= 4 is 33.0 Å². The van der Waals surface area contributed by atoms with Crippen LogP contribution < -0.4 is 5.14 Å². The molecule has 1 heterocycles. The number of halogens is 1. The van der Waals surface area contributed by atoms with Crippen LogP contribution in [0.3, 0.4) is 0 Å². The highest BCUT2D eigenvalue weighted by Crippen LogP contribution is 2.16. The van der Waals surface area contributed by atoms with E-state index in [0.29, 0.717) is 0 Å². The van der Waals surface area contributed by atoms with Crippen molar-refractivity contribution in [3.05, 3.63) is 10.5 Å². The summed E-state index contributed by atoms with van der Waals surface area (Å²) < 4.78 is 20.9. The Morgan fingerprint density at radius 3 is 2.50 bits per heavy atom. The van der Waals surface area contributed by atoms with Gasteiger partial charge in [-0.1, -0.05) is 11.6 Å². The van der Waals surface area contributed by atoms with Crippen LogP contribution in [-0.2, 0) is 10.0 Å². The van der Waals surface area contributed by atoms with Crippen LogP contribution in [0.15, 0.2) is 9.72 Å². The molecular formula is C3H3ClN2O2S2. The van der Waals surface area contributed by atoms with Crippen molar-refractivity contribution in [1.29, 1.82) is 0 Å². The van der Waals surface area contributed by atoms with Crippen LogP contribution in [-0.4, -0.2) is 13.4 Å². The predicted molar refractivity (Wildman–Crippen MR) is 38.5 cm³/mol. The molecule has 4 nitrogen and oxygen atoms in total. The van der Waals surface area contributed by atoms with Gasteiger partial charge in [-0.2, -0.15) is 0 Å². The summed E-state index contributed by atoms with van der Waals surface area (Å²) in [7, 11) is -3.66. The van der Waals surface area contributed by atoms with E-state index in [1.165, 1.54) is 5.38 Å². The maximum Gasteiger partial charge on any atom is 0.265 e. The van der Waals surface area contributed by atoms with Gasteiger partial charge in [0.1, 0.15) is 5.15 Å². The van der Waals surface area contributed by atoms with Crippen molar-refractivity contribution in [2.45, 2.75) is 4.34 Å². The smallest absolute Gasteiger partial charge is 0.223 e. The molecule has 0 radical (unpaired) electrons. The summed E-state index contributed by atoms with van der Waals surface area (Å²) in [5.74, 6) is 0. The molecule has 0 aliphatic rings. The predicted octanol–water partition coefficient (Wildman–Crippen LogP) is 0.444. The topological polar surface area (TPSA) is 73.1 Å². The van der Waals surface area contributed by atoms with Gasteiger partial charge in [0, 0.05) is 5.38 Å². The number of nitrogens with zero attached hydrogens (tertiary/aromatic N) is 1. The normalized spacial score (nSPS) is 11.8. The molecule has 0 aliphatic carbocycles. The molecule has 56 valence electrons. The van der Waals surface area contributed by atoms with Gasteiger partial charge >= 0.3 is 0 Å². The first-order valence-electron chi connectivity index (χ1n) is 2.14. The average molecular weight is 199 g/mol. The lowest BCUT2D eigenvalue weighted by Gasteiger charge is -1.85. The third-order valence-corrected chi connectivity index (χ3v) is 3.22. The number of thiazole rings is 1. The number of nitrogens with two attached hydrogens (primary N) is 1. The summed E-state index contributed by atoms with van der Waals surface area (Å²) in [4.78, 5) is 3.45. The lowest BCUT2D eigenvalue weighted by molar-refractivity contribution is 0.597. The van der Waals surface area contributed by atoms with Crippen LogP contribution in [0.1, 0.15) is 0 Å². The van der Waals surface area contributed by atoms with E-state index in [9.17, 15) is 8.42 Å². The fourth-order valence-corrected chi connectivity index (χ4v) is 2.00. The van der Waals surface area contributed by atoms with E-state index in [0.717, 1.165) is 11.3 Å². The Labute approximate surface area is 66.7 Å². The minimum atomic E-state index is -3.66. The zero-order valence-electron chi connectivity index (χ0n) is 4.61. The fourth-order valence-electron chi connectivity index (χ4n) is 0.370. The third kappa shape index (κ3) is 1.66. The highest BCUT2D eigenvalue weighted by atomic mass is 35.5. The van der Waals surface area contributed by atoms with Gasteiger partial charge in [-0.3, -0.25) is 0 Å². The van der Waals surface area contributed by atoms with Crippen molar-refractivity contribution in [2.24, 2.45) is 5.14 Å². The summed E-state index contributed by atoms with van der Waals surface area (Å²) in [5, 5.41) is 6.28. The minimum absolute atomic E-state index is 0.147. The zero-order chi connectivity index (χ0) is 7.78. The maximum atomic E-state index is 10.5. The van der Waals surface area contributed by atoms with Gasteiger partial charge in [-0.15, -0.1) is 11.3 Å². The minimum Gasteiger partial charge on any atom is -0.223 e. The van der Waals surface area contributed by atoms with E-state index in [1.54, 1.807) is 0 Å². The second kappa shape index (κ2) is 2.46. The average Bonchev–Trinajstić information content (AvgIpc) is 2.11. The maximum absolute atomic E-state index is 10.5. The zero-order valence-corrected chi connectivity index (χ0v) is 7.00. The molecule has 0 saturated carbocycles. The molecule has 0 saturated heterocycles. The van der Waals surface area contributed by atoms with Gasteiger partial charge in [0.15, 0.2) is 0 Å². The first-order chi connectivity index (χ1) is 4.50. The van der Waals surface area contributed by atoms with E-state index in [2.05, 4.69) is 4.98 Å². The Hall–Kier alpha value is -0.170. The second-order valence-electron chi connectivity index (χ2n) is 1.48. The van der Waals surface area contributed by atoms with Crippen molar-refractivity contribution < 1.29 is 8.42 Å². The fraction of sp³-hybridized carbons (Fsp3) is 0. The van der Waals surface area contributed by atoms with Crippen LogP contribution in [0.4, 0.5) is 0 Å². The van der Waals surface area contributed by atoms with Crippen molar-refractivity contribution in [1.82, 2.24) is 4.98 Å². The van der Waals surface area contributed by atoms with Crippen LogP contribution >= 0.6 is 22.9 Å². The molecule has 2 N–H and O–H groups in total. The second-order valence-corrected chi connectivity index (χ2v) is 4.46. The molecule has 0 aliphatic heterocycles. The Kier molecular flexibility index (Phi) is 1.95. The lowest BCUT2D eigenvalue weighted by Crippen LogP contribution is -2.11. The van der Waals surface area contributed by atoms with Gasteiger partial charge in [-0.05, 0) is 0 Å². The van der Waals surface area contributed by atoms with Crippen molar-refractivity contribution in [3.8, 4) is 0 Å². The molecular weight excluding hydrogens is 196 g/mol. The first-order valence-corrected chi connectivity index (χ1v) is 4.94. The van der Waals surface area contributed by atoms with E-state index < -0.39 is 10.0 Å². The third-order valence-electron chi connectivity index (χ3n) is 0.698. The number of primary sulfonamides is 1. The molecule has 0 fully saturated rings. The van der Waals surface area contributed by atoms with Crippen LogP contribution in [0.25, 0.3) is 0 Å². The Morgan fingerprint density at radius 2 is 2.30 bits per heavy atom. The van der Waals surface area contributed by atoms with Gasteiger partial charge < -0.3 is 0 Å². The summed E-state index contributed by atoms with van der Waals surface area (Å²) in [6, 6.07) is 0. The Morgan fingerprint density at radius 1 is 1.70 bits per heavy atom. The summed E-state index contributed by atoms with van der Waals surface area (Å²) in [5.41, 5.74) is 0. The molecule has 0 bridgehead atoms. The Bertz CT molecular complexity index is 330. The van der Waals surface area contributed by atoms with Crippen LogP contribution in [0.5, 0.6) is 0 Å². The highest BCUT2D eigenvalue weighted by molar-refractivity contribution is 7.91. The quantitative estimate of drug-likeness (QED) is 0.712. The Balaban J connectivity index is 3.21. The SMILES string of the molecule is NS(=O)(=O)c1nc(Cl)cs1. The standard InChI is InChI=1S/C3H3ClN2O2S2/c4-2-1-9-3(6-2)10(5,7)8/h1H,(H2,5,7,8). The molecule has 0 aromatic carbocycles. The van der Waals surface area contributed by atoms with E-state index >= 15 is 0 Å². The number of sulfonamides is 1. The van der Waals surface area contributed by atoms with E-state index in [4.69, 9.17) is 16.7 Å². The summed E-state index contributed by atoms with van der Waals surface area (Å²) >= 11 is 6.25. The van der Waals surface area contributed by atoms with Crippen LogP contribution in [0, 0.1) is 0 Å². The van der Waals surface area contributed by atoms with E-state index in [1.807, 2.05) is 0 Å². The lowest BCUT2D eigenvalue weighted by atomic mass is 11.0. The molecule has 1 aromatic rings. The summed E-state index contributed by atoms with van der Waals surface area (Å²) in [6.07, 6.45) is 0. The molecule has 7 heteroatoms. The van der Waals surface area contributed by atoms with E-state index in [-0.39, 0.29) is 9.49 Å².